The first kappa shape index (κ1) is 46.6. The fourth-order valence-corrected chi connectivity index (χ4v) is 9.64. The highest BCUT2D eigenvalue weighted by Gasteiger charge is 2.48. The number of ether oxygens (including phenoxy) is 1. The van der Waals surface area contributed by atoms with Crippen molar-refractivity contribution in [2.45, 2.75) is 40.7 Å². The minimum Gasteiger partial charge on any atom is -0.465 e. The van der Waals surface area contributed by atoms with Crippen molar-refractivity contribution in [3.8, 4) is 22.6 Å². The number of aromatic amines is 1. The number of hydrogen-bond donors (Lipinski definition) is 5. The van der Waals surface area contributed by atoms with Crippen LogP contribution < -0.4 is 19.7 Å². The molecular weight excluding hydrogens is 913 g/mol. The van der Waals surface area contributed by atoms with Crippen LogP contribution in [0.3, 0.4) is 0 Å². The van der Waals surface area contributed by atoms with Gasteiger partial charge in [-0.15, -0.1) is 0 Å². The molecule has 3 heterocycles. The molecule has 1 atom stereocenters. The number of alkyl halides is 3. The van der Waals surface area contributed by atoms with Gasteiger partial charge in [-0.25, -0.2) is 31.3 Å². The normalized spacial score (nSPS) is 14.2. The van der Waals surface area contributed by atoms with Gasteiger partial charge < -0.3 is 35.1 Å². The highest BCUT2D eigenvalue weighted by atomic mass is 35.5. The molecule has 15 nitrogen and oxygen atoms in total. The van der Waals surface area contributed by atoms with Crippen LogP contribution in [0.25, 0.3) is 22.2 Å². The van der Waals surface area contributed by atoms with Gasteiger partial charge in [-0.05, 0) is 96.5 Å². The van der Waals surface area contributed by atoms with Gasteiger partial charge in [0.25, 0.3) is 25.8 Å². The van der Waals surface area contributed by atoms with Crippen LogP contribution in [0.15, 0.2) is 119 Å². The van der Waals surface area contributed by atoms with Crippen molar-refractivity contribution in [3.63, 3.8) is 0 Å². The summed E-state index contributed by atoms with van der Waals surface area (Å²) in [6.45, 7) is 0.769. The number of nitrogens with zero attached hydrogens (tertiary/aromatic N) is 3. The van der Waals surface area contributed by atoms with Crippen molar-refractivity contribution in [2.75, 3.05) is 43.4 Å². The van der Waals surface area contributed by atoms with Crippen molar-refractivity contribution >= 4 is 65.9 Å². The first-order valence-electron chi connectivity index (χ1n) is 20.1. The number of sulfonamides is 1. The van der Waals surface area contributed by atoms with Gasteiger partial charge in [-0.2, -0.15) is 13.2 Å². The number of aliphatic hydroxyl groups is 1. The lowest BCUT2D eigenvalue weighted by molar-refractivity contribution is -0.0436. The van der Waals surface area contributed by atoms with E-state index in [2.05, 4.69) is 15.3 Å². The van der Waals surface area contributed by atoms with E-state index in [4.69, 9.17) is 21.4 Å². The molecule has 5 N–H and O–H groups in total. The number of aromatic nitrogens is 2. The van der Waals surface area contributed by atoms with Crippen LogP contribution in [0.5, 0.6) is 11.5 Å². The summed E-state index contributed by atoms with van der Waals surface area (Å²) in [4.78, 5) is 32.8. The fraction of sp³-hybridized carbons (Fsp3) is 0.250. The Labute approximate surface area is 376 Å². The standard InChI is InChI=1S/C44H42ClF3N6O9S2/c1-53(43(57)58)20-4-18-49-37-14-12-33(25-39(37)64(59,60)44(46,47)48)65(61,62)52-42(56)36-13-11-31(24-38(36)63-32-23-29-15-19-50-41(29)51-26-32)54-21-16-28(17-22-54)40(55)35-6-3-2-5-34(35)27-7-9-30(45)10-8-27/h2-3,5-15,19,23-26,28,40,49,55H,4,16-18,20-22H2,1H3,(H,50,51)(H,52,56)(H,57,58). The molecule has 1 saturated heterocycles. The Morgan fingerprint density at radius 2 is 1.71 bits per heavy atom. The monoisotopic (exact) mass is 954 g/mol. The molecule has 4 aromatic carbocycles. The summed E-state index contributed by atoms with van der Waals surface area (Å²) in [6, 6.07) is 24.8. The third-order valence-corrected chi connectivity index (χ3v) is 14.1. The topological polar surface area (TPSA) is 211 Å². The second-order valence-corrected chi connectivity index (χ2v) is 19.3. The maximum atomic E-state index is 13.9. The summed E-state index contributed by atoms with van der Waals surface area (Å²) in [7, 11) is -9.92. The number of carbonyl (C=O) groups is 2. The summed E-state index contributed by atoms with van der Waals surface area (Å²) < 4.78 is 102. The Balaban J connectivity index is 1.13. The lowest BCUT2D eigenvalue weighted by Crippen LogP contribution is -2.36. The zero-order valence-corrected chi connectivity index (χ0v) is 36.8. The van der Waals surface area contributed by atoms with E-state index >= 15 is 0 Å². The highest BCUT2D eigenvalue weighted by molar-refractivity contribution is 7.92. The molecule has 6 aromatic rings. The molecule has 0 spiro atoms. The molecule has 342 valence electrons. The number of nitrogens with one attached hydrogen (secondary N) is 3. The van der Waals surface area contributed by atoms with E-state index in [1.165, 1.54) is 25.4 Å². The molecular formula is C44H42ClF3N6O9S2. The summed E-state index contributed by atoms with van der Waals surface area (Å²) >= 11 is 6.12. The van der Waals surface area contributed by atoms with E-state index in [0.29, 0.717) is 53.7 Å². The number of carbonyl (C=O) groups excluding carboxylic acids is 1. The minimum absolute atomic E-state index is 0.0450. The molecule has 0 radical (unpaired) electrons. The second-order valence-electron chi connectivity index (χ2n) is 15.3. The molecule has 65 heavy (non-hydrogen) atoms. The Morgan fingerprint density at radius 3 is 2.42 bits per heavy atom. The lowest BCUT2D eigenvalue weighted by atomic mass is 9.84. The molecule has 1 fully saturated rings. The third-order valence-electron chi connectivity index (χ3n) is 11.0. The number of carboxylic acid groups (broad SMARTS) is 1. The van der Waals surface area contributed by atoms with Crippen molar-refractivity contribution in [3.05, 3.63) is 126 Å². The number of aliphatic hydroxyl groups excluding tert-OH is 1. The summed E-state index contributed by atoms with van der Waals surface area (Å²) in [5, 5.41) is 24.5. The van der Waals surface area contributed by atoms with Gasteiger partial charge in [0.2, 0.25) is 0 Å². The van der Waals surface area contributed by atoms with Crippen LogP contribution in [0.1, 0.15) is 41.3 Å². The molecule has 0 aliphatic carbocycles. The van der Waals surface area contributed by atoms with Gasteiger partial charge in [-0.1, -0.05) is 48.0 Å². The van der Waals surface area contributed by atoms with E-state index in [1.54, 1.807) is 36.5 Å². The number of fused-ring (bicyclic) bond motifs is 1. The molecule has 0 bridgehead atoms. The van der Waals surface area contributed by atoms with E-state index in [0.717, 1.165) is 33.7 Å². The Hall–Kier alpha value is -6.35. The second kappa shape index (κ2) is 19.0. The molecule has 0 saturated carbocycles. The number of sulfone groups is 1. The fourth-order valence-electron chi connectivity index (χ4n) is 7.49. The number of amides is 2. The van der Waals surface area contributed by atoms with Crippen molar-refractivity contribution in [1.82, 2.24) is 19.6 Å². The number of hydrogen-bond acceptors (Lipinski definition) is 11. The zero-order chi connectivity index (χ0) is 46.7. The Bertz CT molecular complexity index is 2950. The zero-order valence-electron chi connectivity index (χ0n) is 34.4. The molecule has 2 amide bonds. The van der Waals surface area contributed by atoms with Gasteiger partial charge in [0, 0.05) is 61.6 Å². The molecule has 1 aliphatic heterocycles. The third kappa shape index (κ3) is 10.5. The van der Waals surface area contributed by atoms with E-state index in [9.17, 15) is 44.7 Å². The van der Waals surface area contributed by atoms with Gasteiger partial charge in [-0.3, -0.25) is 4.79 Å². The van der Waals surface area contributed by atoms with Crippen LogP contribution in [-0.2, 0) is 19.9 Å². The average molecular weight is 955 g/mol. The summed E-state index contributed by atoms with van der Waals surface area (Å²) in [6.07, 6.45) is 2.26. The van der Waals surface area contributed by atoms with Crippen LogP contribution in [0.2, 0.25) is 5.02 Å². The van der Waals surface area contributed by atoms with Gasteiger partial charge >= 0.3 is 11.6 Å². The van der Waals surface area contributed by atoms with Crippen LogP contribution >= 0.6 is 11.6 Å². The highest BCUT2D eigenvalue weighted by Crippen LogP contribution is 2.40. The quantitative estimate of drug-likeness (QED) is 0.0614. The molecule has 21 heteroatoms. The van der Waals surface area contributed by atoms with Gasteiger partial charge in [0.1, 0.15) is 22.0 Å². The van der Waals surface area contributed by atoms with Crippen LogP contribution in [-0.4, -0.2) is 92.7 Å². The minimum atomic E-state index is -6.14. The van der Waals surface area contributed by atoms with E-state index in [1.807, 2.05) is 46.0 Å². The summed E-state index contributed by atoms with van der Waals surface area (Å²) in [5.74, 6) is -1.26. The van der Waals surface area contributed by atoms with Crippen molar-refractivity contribution in [2.24, 2.45) is 5.92 Å². The first-order chi connectivity index (χ1) is 30.8. The maximum absolute atomic E-state index is 13.9. The Morgan fingerprint density at radius 1 is 0.985 bits per heavy atom. The van der Waals surface area contributed by atoms with Crippen molar-refractivity contribution < 1.29 is 54.5 Å². The summed E-state index contributed by atoms with van der Waals surface area (Å²) in [5.41, 5.74) is -2.97. The molecule has 1 unspecified atom stereocenters. The van der Waals surface area contributed by atoms with Crippen molar-refractivity contribution in [1.29, 1.82) is 0 Å². The van der Waals surface area contributed by atoms with Gasteiger partial charge in [0.15, 0.2) is 0 Å². The number of anilines is 2. The number of pyridine rings is 1. The predicted molar refractivity (Wildman–Crippen MR) is 237 cm³/mol. The average Bonchev–Trinajstić information content (AvgIpc) is 3.75. The van der Waals surface area contributed by atoms with Crippen LogP contribution in [0, 0.1) is 5.92 Å². The maximum Gasteiger partial charge on any atom is 0.501 e. The smallest absolute Gasteiger partial charge is 0.465 e. The van der Waals surface area contributed by atoms with E-state index in [-0.39, 0.29) is 42.5 Å². The van der Waals surface area contributed by atoms with Gasteiger partial charge in [0.05, 0.1) is 28.4 Å². The number of halogens is 4. The number of rotatable bonds is 15. The molecule has 2 aromatic heterocycles. The Kier molecular flexibility index (Phi) is 13.6. The number of H-pyrrole nitrogens is 1. The predicted octanol–water partition coefficient (Wildman–Crippen LogP) is 8.45. The van der Waals surface area contributed by atoms with E-state index < -0.39 is 59.0 Å². The first-order valence-corrected chi connectivity index (χ1v) is 23.4. The SMILES string of the molecule is CN(CCCNc1ccc(S(=O)(=O)NC(=O)c2ccc(N3CCC(C(O)c4ccccc4-c4ccc(Cl)cc4)CC3)cc2Oc2cnc3[nH]ccc3c2)cc1S(=O)(=O)C(F)(F)F)C(=O)O. The molecule has 1 aliphatic rings. The van der Waals surface area contributed by atoms with Crippen LogP contribution in [0.4, 0.5) is 29.3 Å². The number of piperidine rings is 1. The number of benzene rings is 4. The lowest BCUT2D eigenvalue weighted by Gasteiger charge is -2.36. The molecule has 7 rings (SSSR count). The largest absolute Gasteiger partial charge is 0.501 e.